The summed E-state index contributed by atoms with van der Waals surface area (Å²) < 4.78 is 6.53. The quantitative estimate of drug-likeness (QED) is 0.437. The van der Waals surface area contributed by atoms with Gasteiger partial charge in [-0.05, 0) is 30.7 Å². The van der Waals surface area contributed by atoms with Crippen LogP contribution in [0.5, 0.6) is 5.75 Å². The van der Waals surface area contributed by atoms with Gasteiger partial charge in [0.2, 0.25) is 0 Å². The van der Waals surface area contributed by atoms with Gasteiger partial charge in [0.1, 0.15) is 11.3 Å². The van der Waals surface area contributed by atoms with E-state index in [1.807, 2.05) is 6.07 Å². The van der Waals surface area contributed by atoms with Crippen LogP contribution in [0, 0.1) is 0 Å². The maximum absolute atomic E-state index is 12.3. The first kappa shape index (κ1) is 18.2. The summed E-state index contributed by atoms with van der Waals surface area (Å²) in [6.45, 7) is 2.62. The van der Waals surface area contributed by atoms with Gasteiger partial charge in [-0.25, -0.2) is 4.79 Å². The summed E-state index contributed by atoms with van der Waals surface area (Å²) in [7, 11) is 2.70. The number of halogens is 1. The molecule has 1 aliphatic rings. The first-order valence-electron chi connectivity index (χ1n) is 7.61. The van der Waals surface area contributed by atoms with Crippen molar-refractivity contribution in [1.82, 2.24) is 9.80 Å². The maximum Gasteiger partial charge on any atom is 0.333 e. The van der Waals surface area contributed by atoms with Gasteiger partial charge in [0, 0.05) is 24.1 Å². The number of ether oxygens (including phenoxy) is 1. The first-order chi connectivity index (χ1) is 11.4. The Balaban J connectivity index is 2.41. The summed E-state index contributed by atoms with van der Waals surface area (Å²) in [6, 6.07) is 4.74. The molecule has 1 aromatic carbocycles. The smallest absolute Gasteiger partial charge is 0.333 e. The molecule has 2 rings (SSSR count). The minimum absolute atomic E-state index is 0.0713. The average Bonchev–Trinajstić information content (AvgIpc) is 2.57. The Kier molecular flexibility index (Phi) is 5.77. The van der Waals surface area contributed by atoms with Crippen molar-refractivity contribution in [3.63, 3.8) is 0 Å². The van der Waals surface area contributed by atoms with Crippen LogP contribution >= 0.6 is 15.9 Å². The van der Waals surface area contributed by atoms with E-state index in [-0.39, 0.29) is 5.57 Å². The molecule has 1 aliphatic heterocycles. The summed E-state index contributed by atoms with van der Waals surface area (Å²) in [5.74, 6) is -0.660. The monoisotopic (exact) mass is 394 g/mol. The third-order valence-electron chi connectivity index (χ3n) is 3.67. The van der Waals surface area contributed by atoms with Gasteiger partial charge in [-0.2, -0.15) is 0 Å². The molecule has 0 aliphatic carbocycles. The number of hydrogen-bond donors (Lipinski definition) is 0. The highest BCUT2D eigenvalue weighted by atomic mass is 79.9. The topological polar surface area (TPSA) is 66.9 Å². The number of carbonyl (C=O) groups excluding carboxylic acids is 3. The number of barbiturate groups is 1. The van der Waals surface area contributed by atoms with Gasteiger partial charge in [0.05, 0.1) is 6.61 Å². The molecule has 1 saturated heterocycles. The summed E-state index contributed by atoms with van der Waals surface area (Å²) >= 11 is 3.38. The van der Waals surface area contributed by atoms with Crippen molar-refractivity contribution >= 4 is 39.9 Å². The number of amides is 4. The number of carbonyl (C=O) groups is 3. The molecule has 7 heteroatoms. The molecule has 0 bridgehead atoms. The molecule has 0 spiro atoms. The molecule has 6 nitrogen and oxygen atoms in total. The fourth-order valence-corrected chi connectivity index (χ4v) is 2.60. The van der Waals surface area contributed by atoms with Gasteiger partial charge in [-0.1, -0.05) is 29.3 Å². The van der Waals surface area contributed by atoms with Crippen molar-refractivity contribution in [2.75, 3.05) is 20.7 Å². The van der Waals surface area contributed by atoms with Crippen LogP contribution in [0.25, 0.3) is 6.08 Å². The molecular weight excluding hydrogens is 376 g/mol. The van der Waals surface area contributed by atoms with E-state index < -0.39 is 17.8 Å². The minimum Gasteiger partial charge on any atom is -0.493 e. The summed E-state index contributed by atoms with van der Waals surface area (Å²) in [4.78, 5) is 38.2. The second-order valence-electron chi connectivity index (χ2n) is 5.45. The Hall–Kier alpha value is -2.15. The van der Waals surface area contributed by atoms with Crippen molar-refractivity contribution in [2.24, 2.45) is 0 Å². The molecule has 0 N–H and O–H groups in total. The van der Waals surface area contributed by atoms with Crippen LogP contribution < -0.4 is 4.74 Å². The van der Waals surface area contributed by atoms with Gasteiger partial charge in [0.25, 0.3) is 11.8 Å². The molecule has 0 radical (unpaired) electrons. The first-order valence-corrected chi connectivity index (χ1v) is 8.40. The number of unbranched alkanes of at least 4 members (excludes halogenated alkanes) is 1. The van der Waals surface area contributed by atoms with E-state index in [0.29, 0.717) is 17.9 Å². The fourth-order valence-electron chi connectivity index (χ4n) is 2.22. The Morgan fingerprint density at radius 1 is 1.12 bits per heavy atom. The molecule has 0 saturated carbocycles. The Morgan fingerprint density at radius 2 is 1.75 bits per heavy atom. The summed E-state index contributed by atoms with van der Waals surface area (Å²) in [6.07, 6.45) is 3.38. The molecule has 0 atom stereocenters. The molecule has 0 unspecified atom stereocenters. The fraction of sp³-hybridized carbons (Fsp3) is 0.353. The van der Waals surface area contributed by atoms with Crippen LogP contribution in [0.15, 0.2) is 28.2 Å². The highest BCUT2D eigenvalue weighted by Crippen LogP contribution is 2.27. The lowest BCUT2D eigenvalue weighted by molar-refractivity contribution is -0.134. The second-order valence-corrected chi connectivity index (χ2v) is 6.37. The zero-order valence-electron chi connectivity index (χ0n) is 13.8. The van der Waals surface area contributed by atoms with Crippen molar-refractivity contribution in [1.29, 1.82) is 0 Å². The predicted octanol–water partition coefficient (Wildman–Crippen LogP) is 3.06. The number of nitrogens with zero attached hydrogens (tertiary/aromatic N) is 2. The molecular formula is C17H19BrN2O4. The van der Waals surface area contributed by atoms with Crippen LogP contribution in [0.1, 0.15) is 25.3 Å². The van der Waals surface area contributed by atoms with Crippen molar-refractivity contribution in [3.8, 4) is 5.75 Å². The third-order valence-corrected chi connectivity index (χ3v) is 4.16. The zero-order chi connectivity index (χ0) is 17.9. The summed E-state index contributed by atoms with van der Waals surface area (Å²) in [5, 5.41) is 0. The predicted molar refractivity (Wildman–Crippen MR) is 93.5 cm³/mol. The number of likely N-dealkylation sites (N-methyl/N-ethyl adjacent to an activating group) is 2. The number of imide groups is 2. The molecule has 4 amide bonds. The molecule has 1 aromatic rings. The standard InChI is InChI=1S/C17H19BrN2O4/c1-4-5-8-24-14-7-6-12(18)9-11(14)10-13-15(21)19(2)17(23)20(3)16(13)22/h6-7,9-10H,4-5,8H2,1-3H3. The van der Waals surface area contributed by atoms with Crippen LogP contribution in [0.2, 0.25) is 0 Å². The Labute approximate surface area is 149 Å². The molecule has 24 heavy (non-hydrogen) atoms. The van der Waals surface area contributed by atoms with Crippen molar-refractivity contribution in [2.45, 2.75) is 19.8 Å². The molecule has 0 aromatic heterocycles. The van der Waals surface area contributed by atoms with Crippen LogP contribution in [-0.4, -0.2) is 48.3 Å². The number of rotatable bonds is 5. The van der Waals surface area contributed by atoms with Crippen molar-refractivity contribution in [3.05, 3.63) is 33.8 Å². The lowest BCUT2D eigenvalue weighted by Crippen LogP contribution is -2.52. The highest BCUT2D eigenvalue weighted by Gasteiger charge is 2.37. The third kappa shape index (κ3) is 3.67. The normalized spacial score (nSPS) is 15.2. The lowest BCUT2D eigenvalue weighted by Gasteiger charge is -2.29. The Bertz CT molecular complexity index is 689. The number of benzene rings is 1. The maximum atomic E-state index is 12.3. The van der Waals surface area contributed by atoms with E-state index in [2.05, 4.69) is 22.9 Å². The van der Waals surface area contributed by atoms with E-state index in [1.165, 1.54) is 20.2 Å². The van der Waals surface area contributed by atoms with Gasteiger partial charge in [0.15, 0.2) is 0 Å². The highest BCUT2D eigenvalue weighted by molar-refractivity contribution is 9.10. The SMILES string of the molecule is CCCCOc1ccc(Br)cc1C=C1C(=O)N(C)C(=O)N(C)C1=O. The summed E-state index contributed by atoms with van der Waals surface area (Å²) in [5.41, 5.74) is 0.534. The van der Waals surface area contributed by atoms with Crippen molar-refractivity contribution < 1.29 is 19.1 Å². The van der Waals surface area contributed by atoms with Gasteiger partial charge in [-0.15, -0.1) is 0 Å². The minimum atomic E-state index is -0.643. The average molecular weight is 395 g/mol. The zero-order valence-corrected chi connectivity index (χ0v) is 15.4. The molecule has 1 heterocycles. The molecule has 128 valence electrons. The van der Waals surface area contributed by atoms with Gasteiger partial charge < -0.3 is 4.74 Å². The van der Waals surface area contributed by atoms with Crippen LogP contribution in [-0.2, 0) is 9.59 Å². The van der Waals surface area contributed by atoms with E-state index in [1.54, 1.807) is 12.1 Å². The number of urea groups is 1. The Morgan fingerprint density at radius 3 is 2.33 bits per heavy atom. The van der Waals surface area contributed by atoms with E-state index in [4.69, 9.17) is 4.74 Å². The van der Waals surface area contributed by atoms with Gasteiger partial charge >= 0.3 is 6.03 Å². The number of hydrogen-bond acceptors (Lipinski definition) is 4. The second kappa shape index (κ2) is 7.61. The van der Waals surface area contributed by atoms with Gasteiger partial charge in [-0.3, -0.25) is 19.4 Å². The lowest BCUT2D eigenvalue weighted by atomic mass is 10.1. The van der Waals surface area contributed by atoms with E-state index in [0.717, 1.165) is 27.1 Å². The van der Waals surface area contributed by atoms with E-state index >= 15 is 0 Å². The largest absolute Gasteiger partial charge is 0.493 e. The van der Waals surface area contributed by atoms with Crippen LogP contribution in [0.3, 0.4) is 0 Å². The van der Waals surface area contributed by atoms with Crippen LogP contribution in [0.4, 0.5) is 4.79 Å². The van der Waals surface area contributed by atoms with E-state index in [9.17, 15) is 14.4 Å². The molecule has 1 fully saturated rings.